The largest absolute Gasteiger partial charge is 0.382 e. The van der Waals surface area contributed by atoms with E-state index in [0.29, 0.717) is 16.3 Å². The Hall–Kier alpha value is -4.03. The first-order valence-electron chi connectivity index (χ1n) is 10.8. The molecule has 2 heterocycles. The SMILES string of the molecule is CC(C)c1cccc(N2C(=O)c3c(Cl)cccc3NC2C(C)Nc2nc(N)nc(N)c2C#N)c1. The lowest BCUT2D eigenvalue weighted by atomic mass is 10.00. The Balaban J connectivity index is 1.80. The summed E-state index contributed by atoms with van der Waals surface area (Å²) in [4.78, 5) is 23.4. The number of fused-ring (bicyclic) bond motifs is 1. The Morgan fingerprint density at radius 1 is 1.18 bits per heavy atom. The molecule has 1 aliphatic heterocycles. The van der Waals surface area contributed by atoms with E-state index in [1.54, 1.807) is 17.0 Å². The fraction of sp³-hybridized carbons (Fsp3) is 0.250. The lowest BCUT2D eigenvalue weighted by Gasteiger charge is -2.41. The first-order valence-corrected chi connectivity index (χ1v) is 11.2. The fourth-order valence-electron chi connectivity index (χ4n) is 4.00. The van der Waals surface area contributed by atoms with Crippen molar-refractivity contribution < 1.29 is 4.79 Å². The number of aromatic nitrogens is 2. The van der Waals surface area contributed by atoms with Crippen LogP contribution in [-0.4, -0.2) is 28.1 Å². The molecule has 2 atom stereocenters. The van der Waals surface area contributed by atoms with Crippen molar-refractivity contribution in [1.29, 1.82) is 5.26 Å². The average Bonchev–Trinajstić information content (AvgIpc) is 2.78. The summed E-state index contributed by atoms with van der Waals surface area (Å²) in [7, 11) is 0. The van der Waals surface area contributed by atoms with Crippen LogP contribution in [0.4, 0.5) is 29.0 Å². The summed E-state index contributed by atoms with van der Waals surface area (Å²) in [5.74, 6) is 0.166. The smallest absolute Gasteiger partial charge is 0.263 e. The van der Waals surface area contributed by atoms with Gasteiger partial charge in [-0.3, -0.25) is 9.69 Å². The summed E-state index contributed by atoms with van der Waals surface area (Å²) in [6.45, 7) is 6.06. The minimum absolute atomic E-state index is 0.0176. The number of amides is 1. The van der Waals surface area contributed by atoms with Crippen molar-refractivity contribution >= 4 is 46.5 Å². The number of nitrogens with one attached hydrogen (secondary N) is 2. The molecule has 1 amide bonds. The monoisotopic (exact) mass is 476 g/mol. The zero-order valence-corrected chi connectivity index (χ0v) is 19.8. The van der Waals surface area contributed by atoms with Gasteiger partial charge in [-0.15, -0.1) is 0 Å². The Morgan fingerprint density at radius 3 is 2.62 bits per heavy atom. The number of anilines is 5. The molecule has 4 rings (SSSR count). The summed E-state index contributed by atoms with van der Waals surface area (Å²) in [5.41, 5.74) is 14.5. The van der Waals surface area contributed by atoms with E-state index in [4.69, 9.17) is 23.1 Å². The van der Waals surface area contributed by atoms with Crippen molar-refractivity contribution in [2.45, 2.75) is 38.9 Å². The van der Waals surface area contributed by atoms with Crippen molar-refractivity contribution in [3.8, 4) is 6.07 Å². The maximum absolute atomic E-state index is 13.8. The van der Waals surface area contributed by atoms with Gasteiger partial charge >= 0.3 is 0 Å². The van der Waals surface area contributed by atoms with Gasteiger partial charge in [-0.05, 0) is 42.7 Å². The van der Waals surface area contributed by atoms with Gasteiger partial charge in [0.25, 0.3) is 5.91 Å². The summed E-state index contributed by atoms with van der Waals surface area (Å²) < 4.78 is 0. The first-order chi connectivity index (χ1) is 16.2. The highest BCUT2D eigenvalue weighted by Gasteiger charge is 2.38. The molecule has 9 nitrogen and oxygen atoms in total. The van der Waals surface area contributed by atoms with Crippen LogP contribution >= 0.6 is 11.6 Å². The molecular formula is C24H25ClN8O. The second-order valence-corrected chi connectivity index (χ2v) is 8.82. The normalized spacial score (nSPS) is 15.9. The van der Waals surface area contributed by atoms with Crippen LogP contribution < -0.4 is 27.0 Å². The van der Waals surface area contributed by atoms with Gasteiger partial charge in [-0.25, -0.2) is 0 Å². The van der Waals surface area contributed by atoms with Gasteiger partial charge in [0.05, 0.1) is 22.3 Å². The molecule has 0 spiro atoms. The minimum atomic E-state index is -0.551. The summed E-state index contributed by atoms with van der Waals surface area (Å²) >= 11 is 6.42. The van der Waals surface area contributed by atoms with Crippen molar-refractivity contribution in [1.82, 2.24) is 9.97 Å². The molecule has 0 saturated heterocycles. The molecule has 34 heavy (non-hydrogen) atoms. The number of halogens is 1. The molecule has 10 heteroatoms. The van der Waals surface area contributed by atoms with Gasteiger partial charge in [-0.2, -0.15) is 15.2 Å². The predicted molar refractivity (Wildman–Crippen MR) is 135 cm³/mol. The zero-order valence-electron chi connectivity index (χ0n) is 19.0. The molecule has 0 bridgehead atoms. The molecule has 2 aromatic carbocycles. The third-order valence-electron chi connectivity index (χ3n) is 5.75. The van der Waals surface area contributed by atoms with E-state index in [-0.39, 0.29) is 35.0 Å². The van der Waals surface area contributed by atoms with E-state index >= 15 is 0 Å². The van der Waals surface area contributed by atoms with Gasteiger partial charge in [0.15, 0.2) is 5.82 Å². The highest BCUT2D eigenvalue weighted by molar-refractivity contribution is 6.35. The molecule has 6 N–H and O–H groups in total. The zero-order chi connectivity index (χ0) is 24.6. The topological polar surface area (TPSA) is 146 Å². The Labute approximate surface area is 202 Å². The summed E-state index contributed by atoms with van der Waals surface area (Å²) in [6, 6.07) is 14.7. The number of nitrogen functional groups attached to an aromatic ring is 2. The van der Waals surface area contributed by atoms with E-state index in [1.807, 2.05) is 43.3 Å². The highest BCUT2D eigenvalue weighted by Crippen LogP contribution is 2.36. The second-order valence-electron chi connectivity index (χ2n) is 8.41. The molecule has 1 aromatic heterocycles. The van der Waals surface area contributed by atoms with Gasteiger partial charge in [0.1, 0.15) is 23.6 Å². The van der Waals surface area contributed by atoms with Crippen LogP contribution in [0.3, 0.4) is 0 Å². The third-order valence-corrected chi connectivity index (χ3v) is 6.06. The van der Waals surface area contributed by atoms with Crippen molar-refractivity contribution in [2.75, 3.05) is 27.0 Å². The van der Waals surface area contributed by atoms with Gasteiger partial charge in [0, 0.05) is 5.69 Å². The molecule has 0 aliphatic carbocycles. The second kappa shape index (κ2) is 9.08. The molecule has 3 aromatic rings. The predicted octanol–water partition coefficient (Wildman–Crippen LogP) is 4.19. The Kier molecular flexibility index (Phi) is 6.18. The summed E-state index contributed by atoms with van der Waals surface area (Å²) in [6.07, 6.45) is -0.551. The van der Waals surface area contributed by atoms with E-state index < -0.39 is 12.2 Å². The molecule has 0 radical (unpaired) electrons. The Bertz CT molecular complexity index is 1300. The van der Waals surface area contributed by atoms with Gasteiger partial charge in [-0.1, -0.05) is 43.6 Å². The average molecular weight is 477 g/mol. The van der Waals surface area contributed by atoms with Gasteiger partial charge in [0.2, 0.25) is 5.95 Å². The van der Waals surface area contributed by atoms with Crippen LogP contribution in [-0.2, 0) is 0 Å². The molecule has 2 unspecified atom stereocenters. The molecule has 0 saturated carbocycles. The van der Waals surface area contributed by atoms with Crippen LogP contribution in [0.15, 0.2) is 42.5 Å². The summed E-state index contributed by atoms with van der Waals surface area (Å²) in [5, 5.41) is 16.5. The number of nitrogens with two attached hydrogens (primary N) is 2. The number of benzene rings is 2. The first kappa shape index (κ1) is 23.1. The number of rotatable bonds is 5. The maximum atomic E-state index is 13.8. The van der Waals surface area contributed by atoms with Crippen LogP contribution in [0.5, 0.6) is 0 Å². The number of hydrogen-bond acceptors (Lipinski definition) is 8. The van der Waals surface area contributed by atoms with Crippen LogP contribution in [0.1, 0.15) is 48.2 Å². The molecule has 1 aliphatic rings. The van der Waals surface area contributed by atoms with Crippen LogP contribution in [0, 0.1) is 11.3 Å². The number of carbonyl (C=O) groups excluding carboxylic acids is 1. The lowest BCUT2D eigenvalue weighted by molar-refractivity contribution is 0.0973. The van der Waals surface area contributed by atoms with E-state index in [0.717, 1.165) is 11.3 Å². The van der Waals surface area contributed by atoms with E-state index in [9.17, 15) is 10.1 Å². The molecule has 0 fully saturated rings. The standard InChI is InChI=1S/C24H25ClN8O/c1-12(2)14-6-4-7-15(10-14)33-22(30-18-9-5-8-17(25)19(18)23(33)34)13(3)29-21-16(11-26)20(27)31-24(28)32-21/h4-10,12-13,22,30H,1-3H3,(H5,27,28,29,31,32). The van der Waals surface area contributed by atoms with Crippen molar-refractivity contribution in [2.24, 2.45) is 0 Å². The van der Waals surface area contributed by atoms with Crippen LogP contribution in [0.25, 0.3) is 0 Å². The number of hydrogen-bond donors (Lipinski definition) is 4. The molecular weight excluding hydrogens is 452 g/mol. The fourth-order valence-corrected chi connectivity index (χ4v) is 4.25. The number of carbonyl (C=O) groups is 1. The van der Waals surface area contributed by atoms with Crippen LogP contribution in [0.2, 0.25) is 5.02 Å². The maximum Gasteiger partial charge on any atom is 0.263 e. The number of nitrogens with zero attached hydrogens (tertiary/aromatic N) is 4. The van der Waals surface area contributed by atoms with Crippen molar-refractivity contribution in [3.05, 3.63) is 64.2 Å². The minimum Gasteiger partial charge on any atom is -0.382 e. The van der Waals surface area contributed by atoms with E-state index in [2.05, 4.69) is 34.4 Å². The lowest BCUT2D eigenvalue weighted by Crippen LogP contribution is -2.56. The van der Waals surface area contributed by atoms with Crippen molar-refractivity contribution in [3.63, 3.8) is 0 Å². The Morgan fingerprint density at radius 2 is 1.91 bits per heavy atom. The highest BCUT2D eigenvalue weighted by atomic mass is 35.5. The van der Waals surface area contributed by atoms with E-state index in [1.165, 1.54) is 0 Å². The number of nitriles is 1. The third kappa shape index (κ3) is 4.16. The quantitative estimate of drug-likeness (QED) is 0.428. The molecule has 174 valence electrons. The van der Waals surface area contributed by atoms with Gasteiger partial charge < -0.3 is 22.1 Å².